The van der Waals surface area contributed by atoms with E-state index in [1.807, 2.05) is 6.92 Å². The summed E-state index contributed by atoms with van der Waals surface area (Å²) in [6, 6.07) is 12.9. The van der Waals surface area contributed by atoms with Crippen LogP contribution < -0.4 is 5.32 Å². The largest absolute Gasteiger partial charge is 0.351 e. The molecule has 0 aliphatic carbocycles. The van der Waals surface area contributed by atoms with Gasteiger partial charge in [-0.2, -0.15) is 8.61 Å². The van der Waals surface area contributed by atoms with E-state index >= 15 is 0 Å². The number of rotatable bonds is 8. The van der Waals surface area contributed by atoms with E-state index in [-0.39, 0.29) is 10.8 Å². The average Bonchev–Trinajstić information content (AvgIpc) is 2.90. The minimum absolute atomic E-state index is 0.208. The third-order valence-electron chi connectivity index (χ3n) is 6.77. The van der Waals surface area contributed by atoms with Crippen LogP contribution in [-0.2, 0) is 20.0 Å². The summed E-state index contributed by atoms with van der Waals surface area (Å²) in [6.45, 7) is 5.99. The highest BCUT2D eigenvalue weighted by Gasteiger charge is 2.28. The molecule has 2 aromatic carbocycles. The lowest BCUT2D eigenvalue weighted by molar-refractivity contribution is 0.0945. The molecule has 0 saturated carbocycles. The monoisotopic (exact) mass is 534 g/mol. The van der Waals surface area contributed by atoms with Crippen LogP contribution in [0.3, 0.4) is 0 Å². The number of piperazine rings is 1. The maximum absolute atomic E-state index is 12.9. The maximum atomic E-state index is 12.9. The molecule has 196 valence electrons. The summed E-state index contributed by atoms with van der Waals surface area (Å²) < 4.78 is 54.3. The van der Waals surface area contributed by atoms with Crippen LogP contribution in [0.5, 0.6) is 0 Å². The lowest BCUT2D eigenvalue weighted by atomic mass is 10.2. The Balaban J connectivity index is 1.23. The first kappa shape index (κ1) is 26.7. The Labute approximate surface area is 214 Å². The summed E-state index contributed by atoms with van der Waals surface area (Å²) in [5.41, 5.74) is 1.42. The molecule has 0 radical (unpaired) electrons. The Bertz CT molecular complexity index is 1250. The molecule has 2 heterocycles. The number of benzene rings is 2. The smallest absolute Gasteiger partial charge is 0.251 e. The molecule has 2 aliphatic rings. The lowest BCUT2D eigenvalue weighted by Crippen LogP contribution is -2.50. The van der Waals surface area contributed by atoms with Gasteiger partial charge in [0, 0.05) is 57.9 Å². The highest BCUT2D eigenvalue weighted by Crippen LogP contribution is 2.21. The van der Waals surface area contributed by atoms with Gasteiger partial charge in [-0.05, 0) is 56.2 Å². The van der Waals surface area contributed by atoms with Crippen LogP contribution in [0.1, 0.15) is 35.2 Å². The number of carbonyl (C=O) groups is 1. The second-order valence-corrected chi connectivity index (χ2v) is 13.2. The Hall–Kier alpha value is -2.31. The van der Waals surface area contributed by atoms with Crippen molar-refractivity contribution in [3.63, 3.8) is 0 Å². The molecule has 2 saturated heterocycles. The maximum Gasteiger partial charge on any atom is 0.251 e. The zero-order valence-corrected chi connectivity index (χ0v) is 22.2. The van der Waals surface area contributed by atoms with Crippen molar-refractivity contribution in [1.82, 2.24) is 18.8 Å². The highest BCUT2D eigenvalue weighted by molar-refractivity contribution is 7.89. The van der Waals surface area contributed by atoms with Crippen LogP contribution in [0.4, 0.5) is 0 Å². The lowest BCUT2D eigenvalue weighted by Gasteiger charge is -2.34. The number of aryl methyl sites for hydroxylation is 1. The van der Waals surface area contributed by atoms with Gasteiger partial charge in [0.1, 0.15) is 0 Å². The van der Waals surface area contributed by atoms with Gasteiger partial charge in [0.25, 0.3) is 5.91 Å². The molecule has 1 amide bonds. The molecule has 0 spiro atoms. The summed E-state index contributed by atoms with van der Waals surface area (Å²) in [5.74, 6) is -0.266. The molecule has 0 atom stereocenters. The van der Waals surface area contributed by atoms with Gasteiger partial charge in [0.2, 0.25) is 20.0 Å². The van der Waals surface area contributed by atoms with E-state index < -0.39 is 20.0 Å². The van der Waals surface area contributed by atoms with Crippen LogP contribution in [0, 0.1) is 6.92 Å². The van der Waals surface area contributed by atoms with Crippen molar-refractivity contribution in [3.8, 4) is 0 Å². The average molecular weight is 535 g/mol. The van der Waals surface area contributed by atoms with Gasteiger partial charge >= 0.3 is 0 Å². The molecule has 0 unspecified atom stereocenters. The molecule has 2 aliphatic heterocycles. The fourth-order valence-electron chi connectivity index (χ4n) is 4.52. The van der Waals surface area contributed by atoms with Gasteiger partial charge in [0.05, 0.1) is 9.79 Å². The van der Waals surface area contributed by atoms with E-state index in [1.165, 1.54) is 20.7 Å². The molecular weight excluding hydrogens is 500 g/mol. The van der Waals surface area contributed by atoms with E-state index in [9.17, 15) is 21.6 Å². The van der Waals surface area contributed by atoms with E-state index in [0.717, 1.165) is 24.8 Å². The molecule has 2 fully saturated rings. The Morgan fingerprint density at radius 3 is 1.78 bits per heavy atom. The number of nitrogens with zero attached hydrogens (tertiary/aromatic N) is 3. The molecule has 2 aromatic rings. The predicted octanol–water partition coefficient (Wildman–Crippen LogP) is 1.91. The van der Waals surface area contributed by atoms with E-state index in [4.69, 9.17) is 0 Å². The number of hydrogen-bond acceptors (Lipinski definition) is 6. The summed E-state index contributed by atoms with van der Waals surface area (Å²) in [5, 5.41) is 2.87. The van der Waals surface area contributed by atoms with Crippen LogP contribution >= 0.6 is 0 Å². The first-order chi connectivity index (χ1) is 17.2. The number of hydrogen-bond donors (Lipinski definition) is 1. The minimum atomic E-state index is -3.52. The third kappa shape index (κ3) is 6.15. The van der Waals surface area contributed by atoms with Gasteiger partial charge in [-0.25, -0.2) is 16.8 Å². The first-order valence-corrected chi connectivity index (χ1v) is 15.2. The molecule has 9 nitrogen and oxygen atoms in total. The SMILES string of the molecule is Cc1ccc(S(=O)(=O)N2CCN(CCNC(=O)c3ccc(S(=O)(=O)N4CCCCC4)cc3)CC2)cc1. The normalized spacial score (nSPS) is 18.7. The second-order valence-electron chi connectivity index (χ2n) is 9.30. The Morgan fingerprint density at radius 2 is 1.22 bits per heavy atom. The third-order valence-corrected chi connectivity index (χ3v) is 10.6. The first-order valence-electron chi connectivity index (χ1n) is 12.4. The molecule has 0 aromatic heterocycles. The van der Waals surface area contributed by atoms with Gasteiger partial charge in [-0.3, -0.25) is 9.69 Å². The highest BCUT2D eigenvalue weighted by atomic mass is 32.2. The van der Waals surface area contributed by atoms with Crippen molar-refractivity contribution in [3.05, 3.63) is 59.7 Å². The van der Waals surface area contributed by atoms with Crippen LogP contribution in [0.15, 0.2) is 58.3 Å². The van der Waals surface area contributed by atoms with Crippen LogP contribution in [0.2, 0.25) is 0 Å². The summed E-state index contributed by atoms with van der Waals surface area (Å²) in [7, 11) is -7.03. The van der Waals surface area contributed by atoms with Crippen molar-refractivity contribution in [2.24, 2.45) is 0 Å². The Kier molecular flexibility index (Phi) is 8.46. The van der Waals surface area contributed by atoms with Gasteiger partial charge in [0.15, 0.2) is 0 Å². The van der Waals surface area contributed by atoms with Gasteiger partial charge in [-0.1, -0.05) is 24.1 Å². The zero-order chi connectivity index (χ0) is 25.8. The predicted molar refractivity (Wildman–Crippen MR) is 138 cm³/mol. The molecule has 4 rings (SSSR count). The minimum Gasteiger partial charge on any atom is -0.351 e. The summed E-state index contributed by atoms with van der Waals surface area (Å²) in [4.78, 5) is 15.2. The van der Waals surface area contributed by atoms with Crippen molar-refractivity contribution in [2.45, 2.75) is 36.0 Å². The number of sulfonamides is 2. The van der Waals surface area contributed by atoms with Gasteiger partial charge in [-0.15, -0.1) is 0 Å². The fourth-order valence-corrected chi connectivity index (χ4v) is 7.45. The van der Waals surface area contributed by atoms with E-state index in [2.05, 4.69) is 10.2 Å². The van der Waals surface area contributed by atoms with Crippen molar-refractivity contribution >= 4 is 26.0 Å². The van der Waals surface area contributed by atoms with E-state index in [0.29, 0.717) is 62.8 Å². The van der Waals surface area contributed by atoms with E-state index in [1.54, 1.807) is 36.4 Å². The fraction of sp³-hybridized carbons (Fsp3) is 0.480. The summed E-state index contributed by atoms with van der Waals surface area (Å²) >= 11 is 0. The molecule has 1 N–H and O–H groups in total. The molecule has 36 heavy (non-hydrogen) atoms. The van der Waals surface area contributed by atoms with Crippen molar-refractivity contribution < 1.29 is 21.6 Å². The molecule has 11 heteroatoms. The number of nitrogens with one attached hydrogen (secondary N) is 1. The molecule has 0 bridgehead atoms. The van der Waals surface area contributed by atoms with Gasteiger partial charge < -0.3 is 5.32 Å². The van der Waals surface area contributed by atoms with Crippen LogP contribution in [-0.4, -0.2) is 88.6 Å². The topological polar surface area (TPSA) is 107 Å². The standard InChI is InChI=1S/C25H34N4O5S2/c1-21-5-9-23(10-6-21)36(33,34)29-19-17-27(18-20-29)16-13-26-25(30)22-7-11-24(12-8-22)35(31,32)28-14-3-2-4-15-28/h5-12H,2-4,13-20H2,1H3,(H,26,30). The second kappa shape index (κ2) is 11.4. The quantitative estimate of drug-likeness (QED) is 0.555. The van der Waals surface area contributed by atoms with Crippen LogP contribution in [0.25, 0.3) is 0 Å². The zero-order valence-electron chi connectivity index (χ0n) is 20.6. The number of amides is 1. The van der Waals surface area contributed by atoms with Crippen molar-refractivity contribution in [2.75, 3.05) is 52.4 Å². The number of piperidine rings is 1. The Morgan fingerprint density at radius 1 is 0.722 bits per heavy atom. The summed E-state index contributed by atoms with van der Waals surface area (Å²) in [6.07, 6.45) is 2.79. The number of carbonyl (C=O) groups excluding carboxylic acids is 1. The van der Waals surface area contributed by atoms with Crippen molar-refractivity contribution in [1.29, 1.82) is 0 Å². The molecular formula is C25H34N4O5S2.